The molecule has 19 heavy (non-hydrogen) atoms. The predicted molar refractivity (Wildman–Crippen MR) is 63.4 cm³/mol. The fraction of sp³-hybridized carbons (Fsp3) is 0.636. The maximum absolute atomic E-state index is 12.0. The molecule has 1 aromatic rings. The van der Waals surface area contributed by atoms with E-state index in [1.54, 1.807) is 11.8 Å². The third kappa shape index (κ3) is 3.28. The van der Waals surface area contributed by atoms with Gasteiger partial charge in [0.1, 0.15) is 6.54 Å². The van der Waals surface area contributed by atoms with Gasteiger partial charge in [-0.25, -0.2) is 9.48 Å². The Labute approximate surface area is 109 Å². The van der Waals surface area contributed by atoms with Crippen molar-refractivity contribution in [3.8, 4) is 0 Å². The van der Waals surface area contributed by atoms with E-state index in [2.05, 4.69) is 10.3 Å². The van der Waals surface area contributed by atoms with Gasteiger partial charge in [-0.2, -0.15) is 0 Å². The lowest BCUT2D eigenvalue weighted by molar-refractivity contribution is -0.135. The lowest BCUT2D eigenvalue weighted by Gasteiger charge is -2.35. The van der Waals surface area contributed by atoms with Crippen LogP contribution in [0.25, 0.3) is 0 Å². The average Bonchev–Trinajstić information content (AvgIpc) is 2.77. The van der Waals surface area contributed by atoms with Crippen LogP contribution in [0.15, 0.2) is 6.20 Å². The van der Waals surface area contributed by atoms with Crippen molar-refractivity contribution in [1.82, 2.24) is 19.9 Å². The summed E-state index contributed by atoms with van der Waals surface area (Å²) < 4.78 is 1.21. The van der Waals surface area contributed by atoms with Crippen LogP contribution in [0.2, 0.25) is 0 Å². The quantitative estimate of drug-likeness (QED) is 0.754. The van der Waals surface area contributed by atoms with Gasteiger partial charge < -0.3 is 15.1 Å². The number of aromatic carboxylic acids is 1. The molecule has 1 aliphatic rings. The molecule has 0 saturated carbocycles. The summed E-state index contributed by atoms with van der Waals surface area (Å²) in [5.74, 6) is -1.33. The normalized spacial score (nSPS) is 18.3. The van der Waals surface area contributed by atoms with Crippen molar-refractivity contribution in [2.24, 2.45) is 0 Å². The van der Waals surface area contributed by atoms with E-state index in [-0.39, 0.29) is 18.1 Å². The van der Waals surface area contributed by atoms with E-state index >= 15 is 0 Å². The maximum Gasteiger partial charge on any atom is 0.358 e. The van der Waals surface area contributed by atoms with Gasteiger partial charge in [-0.1, -0.05) is 5.21 Å². The number of likely N-dealkylation sites (tertiary alicyclic amines) is 1. The van der Waals surface area contributed by atoms with Gasteiger partial charge in [0.05, 0.1) is 11.8 Å². The second kappa shape index (κ2) is 4.96. The molecule has 2 rings (SSSR count). The highest BCUT2D eigenvalue weighted by atomic mass is 16.4. The third-order valence-corrected chi connectivity index (χ3v) is 3.25. The molecule has 2 N–H and O–H groups in total. The first-order chi connectivity index (χ1) is 8.87. The van der Waals surface area contributed by atoms with Crippen LogP contribution in [0, 0.1) is 0 Å². The molecule has 104 valence electrons. The lowest BCUT2D eigenvalue weighted by Crippen LogP contribution is -2.46. The zero-order valence-electron chi connectivity index (χ0n) is 10.6. The number of carbonyl (C=O) groups is 2. The Morgan fingerprint density at radius 1 is 1.42 bits per heavy atom. The Balaban J connectivity index is 1.92. The van der Waals surface area contributed by atoms with Crippen molar-refractivity contribution >= 4 is 11.9 Å². The van der Waals surface area contributed by atoms with Gasteiger partial charge in [0.2, 0.25) is 5.91 Å². The van der Waals surface area contributed by atoms with E-state index in [9.17, 15) is 14.7 Å². The summed E-state index contributed by atoms with van der Waals surface area (Å²) in [6.45, 7) is 2.70. The molecular weight excluding hydrogens is 252 g/mol. The molecule has 1 aliphatic heterocycles. The summed E-state index contributed by atoms with van der Waals surface area (Å²) in [5.41, 5.74) is -0.894. The monoisotopic (exact) mass is 268 g/mol. The number of aromatic nitrogens is 3. The largest absolute Gasteiger partial charge is 0.476 e. The van der Waals surface area contributed by atoms with Gasteiger partial charge in [0.15, 0.2) is 5.69 Å². The van der Waals surface area contributed by atoms with Crippen LogP contribution in [-0.2, 0) is 11.3 Å². The zero-order valence-corrected chi connectivity index (χ0v) is 10.6. The van der Waals surface area contributed by atoms with Crippen molar-refractivity contribution < 1.29 is 19.8 Å². The van der Waals surface area contributed by atoms with Gasteiger partial charge in [-0.3, -0.25) is 4.79 Å². The molecule has 2 heterocycles. The smallest absolute Gasteiger partial charge is 0.358 e. The molecule has 1 aromatic heterocycles. The molecule has 0 aromatic carbocycles. The summed E-state index contributed by atoms with van der Waals surface area (Å²) in [7, 11) is 0. The minimum absolute atomic E-state index is 0.0393. The molecular formula is C11H16N4O4. The van der Waals surface area contributed by atoms with Crippen molar-refractivity contribution in [1.29, 1.82) is 0 Å². The van der Waals surface area contributed by atoms with Gasteiger partial charge in [0.25, 0.3) is 0 Å². The molecule has 0 spiro atoms. The predicted octanol–water partition coefficient (Wildman–Crippen LogP) is -0.650. The summed E-state index contributed by atoms with van der Waals surface area (Å²) in [5, 5.41) is 25.5. The fourth-order valence-electron chi connectivity index (χ4n) is 1.95. The summed E-state index contributed by atoms with van der Waals surface area (Å²) in [4.78, 5) is 24.2. The van der Waals surface area contributed by atoms with Crippen molar-refractivity contribution in [3.05, 3.63) is 11.9 Å². The number of aliphatic hydroxyl groups is 1. The van der Waals surface area contributed by atoms with Gasteiger partial charge in [0, 0.05) is 13.1 Å². The molecule has 1 saturated heterocycles. The van der Waals surface area contributed by atoms with Crippen LogP contribution in [0.4, 0.5) is 0 Å². The number of piperidine rings is 1. The summed E-state index contributed by atoms with van der Waals surface area (Å²) in [6, 6.07) is 0. The number of carboxylic acids is 1. The average molecular weight is 268 g/mol. The van der Waals surface area contributed by atoms with Crippen LogP contribution in [0.5, 0.6) is 0 Å². The molecule has 8 heteroatoms. The number of hydrogen-bond donors (Lipinski definition) is 2. The second-order valence-electron chi connectivity index (χ2n) is 4.98. The Bertz CT molecular complexity index is 487. The highest BCUT2D eigenvalue weighted by Gasteiger charge is 2.29. The first-order valence-electron chi connectivity index (χ1n) is 6.01. The van der Waals surface area contributed by atoms with E-state index in [1.165, 1.54) is 10.9 Å². The molecule has 0 aliphatic carbocycles. The zero-order chi connectivity index (χ0) is 14.0. The Morgan fingerprint density at radius 3 is 2.58 bits per heavy atom. The highest BCUT2D eigenvalue weighted by Crippen LogP contribution is 2.21. The molecule has 0 unspecified atom stereocenters. The first-order valence-corrected chi connectivity index (χ1v) is 6.01. The fourth-order valence-corrected chi connectivity index (χ4v) is 1.95. The lowest BCUT2D eigenvalue weighted by atomic mass is 9.94. The third-order valence-electron chi connectivity index (χ3n) is 3.25. The highest BCUT2D eigenvalue weighted by molar-refractivity contribution is 5.84. The molecule has 8 nitrogen and oxygen atoms in total. The minimum atomic E-state index is -1.17. The van der Waals surface area contributed by atoms with Gasteiger partial charge >= 0.3 is 5.97 Å². The Hall–Kier alpha value is -1.96. The summed E-state index contributed by atoms with van der Waals surface area (Å²) >= 11 is 0. The summed E-state index contributed by atoms with van der Waals surface area (Å²) in [6.07, 6.45) is 2.30. The molecule has 0 atom stereocenters. The van der Waals surface area contributed by atoms with Crippen LogP contribution in [-0.4, -0.2) is 60.7 Å². The van der Waals surface area contributed by atoms with Crippen molar-refractivity contribution in [2.75, 3.05) is 13.1 Å². The minimum Gasteiger partial charge on any atom is -0.476 e. The number of carboxylic acid groups (broad SMARTS) is 1. The van der Waals surface area contributed by atoms with E-state index in [1.807, 2.05) is 0 Å². The molecule has 1 fully saturated rings. The number of nitrogens with zero attached hydrogens (tertiary/aromatic N) is 4. The maximum atomic E-state index is 12.0. The van der Waals surface area contributed by atoms with Crippen LogP contribution in [0.3, 0.4) is 0 Å². The van der Waals surface area contributed by atoms with E-state index in [0.717, 1.165) is 0 Å². The SMILES string of the molecule is CC1(O)CCN(C(=O)Cn2cc(C(=O)O)nn2)CC1. The van der Waals surface area contributed by atoms with Crippen molar-refractivity contribution in [3.63, 3.8) is 0 Å². The molecule has 0 radical (unpaired) electrons. The van der Waals surface area contributed by atoms with Crippen molar-refractivity contribution in [2.45, 2.75) is 31.9 Å². The van der Waals surface area contributed by atoms with Gasteiger partial charge in [-0.05, 0) is 19.8 Å². The first kappa shape index (κ1) is 13.5. The van der Waals surface area contributed by atoms with E-state index in [0.29, 0.717) is 25.9 Å². The molecule has 1 amide bonds. The Kier molecular flexibility index (Phi) is 3.52. The molecule has 0 bridgehead atoms. The van der Waals surface area contributed by atoms with Gasteiger partial charge in [-0.15, -0.1) is 5.10 Å². The van der Waals surface area contributed by atoms with Crippen LogP contribution in [0.1, 0.15) is 30.3 Å². The van der Waals surface area contributed by atoms with Crippen LogP contribution >= 0.6 is 0 Å². The van der Waals surface area contributed by atoms with E-state index < -0.39 is 11.6 Å². The standard InChI is InChI=1S/C11H16N4O4/c1-11(19)2-4-14(5-3-11)9(16)7-15-6-8(10(17)18)12-13-15/h6,19H,2-5,7H2,1H3,(H,17,18). The number of rotatable bonds is 3. The second-order valence-corrected chi connectivity index (χ2v) is 4.98. The van der Waals surface area contributed by atoms with E-state index in [4.69, 9.17) is 5.11 Å². The number of amides is 1. The number of carbonyl (C=O) groups excluding carboxylic acids is 1. The topological polar surface area (TPSA) is 109 Å². The van der Waals surface area contributed by atoms with Crippen LogP contribution < -0.4 is 0 Å². The number of hydrogen-bond acceptors (Lipinski definition) is 5. The Morgan fingerprint density at radius 2 is 2.05 bits per heavy atom.